The number of hydrogen-bond donors (Lipinski definition) is 1. The minimum atomic E-state index is -0.772. The summed E-state index contributed by atoms with van der Waals surface area (Å²) in [6.45, 7) is 1.97. The topological polar surface area (TPSA) is 52.3 Å². The zero-order chi connectivity index (χ0) is 11.6. The molecule has 0 aliphatic heterocycles. The number of para-hydroxylation sites is 1. The fraction of sp³-hybridized carbons (Fsp3) is 0.462. The number of aryl methyl sites for hydroxylation is 1. The second kappa shape index (κ2) is 4.16. The molecule has 0 atom stereocenters. The minimum Gasteiger partial charge on any atom is -0.477 e. The van der Waals surface area contributed by atoms with E-state index in [1.807, 2.05) is 31.2 Å². The quantitative estimate of drug-likeness (QED) is 0.847. The van der Waals surface area contributed by atoms with Crippen LogP contribution in [0.4, 0.5) is 0 Å². The first kappa shape index (κ1) is 11.0. The van der Waals surface area contributed by atoms with E-state index in [2.05, 4.69) is 0 Å². The van der Waals surface area contributed by atoms with Crippen LogP contribution in [-0.2, 0) is 4.79 Å². The van der Waals surface area contributed by atoms with Crippen LogP contribution in [0.5, 0.6) is 5.75 Å². The predicted molar refractivity (Wildman–Crippen MR) is 62.2 cm³/mol. The predicted octanol–water partition coefficient (Wildman–Crippen LogP) is 2.17. The van der Waals surface area contributed by atoms with E-state index in [0.29, 0.717) is 0 Å². The van der Waals surface area contributed by atoms with Gasteiger partial charge in [0.05, 0.1) is 0 Å². The first-order valence-electron chi connectivity index (χ1n) is 5.69. The van der Waals surface area contributed by atoms with Crippen molar-refractivity contribution in [1.29, 1.82) is 0 Å². The molecule has 2 N–H and O–H groups in total. The van der Waals surface area contributed by atoms with E-state index in [0.717, 1.165) is 37.0 Å². The number of rotatable bonds is 3. The number of nitrogens with two attached hydrogens (primary N) is 1. The Kier molecular flexibility index (Phi) is 2.86. The van der Waals surface area contributed by atoms with Gasteiger partial charge in [0.2, 0.25) is 0 Å². The Morgan fingerprint density at radius 3 is 2.50 bits per heavy atom. The summed E-state index contributed by atoms with van der Waals surface area (Å²) >= 11 is 0. The van der Waals surface area contributed by atoms with Crippen LogP contribution < -0.4 is 10.5 Å². The molecule has 1 saturated carbocycles. The average Bonchev–Trinajstić information content (AvgIpc) is 2.71. The Morgan fingerprint density at radius 2 is 1.94 bits per heavy atom. The van der Waals surface area contributed by atoms with Gasteiger partial charge in [0.15, 0.2) is 5.60 Å². The Balaban J connectivity index is 2.25. The number of hydrogen-bond acceptors (Lipinski definition) is 2. The fourth-order valence-corrected chi connectivity index (χ4v) is 2.23. The Morgan fingerprint density at radius 1 is 1.31 bits per heavy atom. The van der Waals surface area contributed by atoms with Gasteiger partial charge in [0.1, 0.15) is 5.75 Å². The van der Waals surface area contributed by atoms with Gasteiger partial charge in [-0.25, -0.2) is 0 Å². The Labute approximate surface area is 95.6 Å². The lowest BCUT2D eigenvalue weighted by atomic mass is 10.0. The number of amides is 1. The molecule has 0 unspecified atom stereocenters. The van der Waals surface area contributed by atoms with Gasteiger partial charge in [0, 0.05) is 0 Å². The van der Waals surface area contributed by atoms with E-state index in [-0.39, 0.29) is 5.91 Å². The van der Waals surface area contributed by atoms with Gasteiger partial charge >= 0.3 is 0 Å². The van der Waals surface area contributed by atoms with E-state index in [4.69, 9.17) is 10.5 Å². The molecule has 0 heterocycles. The summed E-state index contributed by atoms with van der Waals surface area (Å²) in [7, 11) is 0. The number of ether oxygens (including phenoxy) is 1. The van der Waals surface area contributed by atoms with Crippen molar-refractivity contribution in [2.75, 3.05) is 0 Å². The van der Waals surface area contributed by atoms with Crippen molar-refractivity contribution in [3.8, 4) is 5.75 Å². The fourth-order valence-electron chi connectivity index (χ4n) is 2.23. The summed E-state index contributed by atoms with van der Waals surface area (Å²) in [5.74, 6) is 0.427. The third kappa shape index (κ3) is 1.90. The highest BCUT2D eigenvalue weighted by atomic mass is 16.5. The second-order valence-electron chi connectivity index (χ2n) is 4.43. The molecule has 3 nitrogen and oxygen atoms in total. The zero-order valence-corrected chi connectivity index (χ0v) is 9.53. The highest BCUT2D eigenvalue weighted by Gasteiger charge is 2.42. The van der Waals surface area contributed by atoms with Crippen molar-refractivity contribution < 1.29 is 9.53 Å². The monoisotopic (exact) mass is 219 g/mol. The van der Waals surface area contributed by atoms with Crippen molar-refractivity contribution in [2.45, 2.75) is 38.2 Å². The zero-order valence-electron chi connectivity index (χ0n) is 9.53. The number of carbonyl (C=O) groups is 1. The van der Waals surface area contributed by atoms with Crippen LogP contribution in [0, 0.1) is 6.92 Å². The van der Waals surface area contributed by atoms with Crippen molar-refractivity contribution in [2.24, 2.45) is 5.73 Å². The molecule has 1 aromatic carbocycles. The summed E-state index contributed by atoms with van der Waals surface area (Å²) in [6.07, 6.45) is 3.48. The SMILES string of the molecule is Cc1ccccc1OC1(C(N)=O)CCCC1. The van der Waals surface area contributed by atoms with Gasteiger partial charge in [0.25, 0.3) is 5.91 Å². The third-order valence-electron chi connectivity index (χ3n) is 3.26. The van der Waals surface area contributed by atoms with E-state index in [1.54, 1.807) is 0 Å². The molecule has 1 aliphatic carbocycles. The average molecular weight is 219 g/mol. The molecule has 1 aromatic rings. The Hall–Kier alpha value is -1.51. The summed E-state index contributed by atoms with van der Waals surface area (Å²) < 4.78 is 5.88. The Bertz CT molecular complexity index is 395. The molecular formula is C13H17NO2. The van der Waals surface area contributed by atoms with Crippen molar-refractivity contribution in [3.05, 3.63) is 29.8 Å². The van der Waals surface area contributed by atoms with Crippen LogP contribution in [0.2, 0.25) is 0 Å². The smallest absolute Gasteiger partial charge is 0.261 e. The number of benzene rings is 1. The van der Waals surface area contributed by atoms with Gasteiger partial charge in [-0.2, -0.15) is 0 Å². The summed E-state index contributed by atoms with van der Waals surface area (Å²) in [5.41, 5.74) is 5.73. The molecule has 0 bridgehead atoms. The van der Waals surface area contributed by atoms with Gasteiger partial charge in [-0.1, -0.05) is 18.2 Å². The third-order valence-corrected chi connectivity index (χ3v) is 3.26. The van der Waals surface area contributed by atoms with Crippen LogP contribution in [0.1, 0.15) is 31.2 Å². The molecule has 0 saturated heterocycles. The maximum absolute atomic E-state index is 11.5. The highest BCUT2D eigenvalue weighted by Crippen LogP contribution is 2.35. The van der Waals surface area contributed by atoms with Crippen LogP contribution in [0.3, 0.4) is 0 Å². The first-order valence-corrected chi connectivity index (χ1v) is 5.69. The molecule has 1 aliphatic rings. The van der Waals surface area contributed by atoms with Crippen LogP contribution in [-0.4, -0.2) is 11.5 Å². The van der Waals surface area contributed by atoms with Gasteiger partial charge in [-0.3, -0.25) is 4.79 Å². The largest absolute Gasteiger partial charge is 0.477 e. The van der Waals surface area contributed by atoms with Crippen LogP contribution in [0.15, 0.2) is 24.3 Å². The molecule has 2 rings (SSSR count). The van der Waals surface area contributed by atoms with Crippen molar-refractivity contribution >= 4 is 5.91 Å². The molecule has 0 aromatic heterocycles. The van der Waals surface area contributed by atoms with E-state index < -0.39 is 5.60 Å². The lowest BCUT2D eigenvalue weighted by molar-refractivity contribution is -0.133. The van der Waals surface area contributed by atoms with Crippen LogP contribution in [0.25, 0.3) is 0 Å². The molecule has 0 spiro atoms. The van der Waals surface area contributed by atoms with E-state index >= 15 is 0 Å². The lowest BCUT2D eigenvalue weighted by Crippen LogP contribution is -2.46. The van der Waals surface area contributed by atoms with Crippen molar-refractivity contribution in [3.63, 3.8) is 0 Å². The molecule has 86 valence electrons. The van der Waals surface area contributed by atoms with E-state index in [1.165, 1.54) is 0 Å². The first-order chi connectivity index (χ1) is 7.64. The normalized spacial score (nSPS) is 18.3. The van der Waals surface area contributed by atoms with Gasteiger partial charge < -0.3 is 10.5 Å². The maximum Gasteiger partial charge on any atom is 0.261 e. The number of carbonyl (C=O) groups excluding carboxylic acids is 1. The number of primary amides is 1. The molecule has 3 heteroatoms. The lowest BCUT2D eigenvalue weighted by Gasteiger charge is -2.27. The molecule has 0 radical (unpaired) electrons. The summed E-state index contributed by atoms with van der Waals surface area (Å²) in [6, 6.07) is 7.72. The minimum absolute atomic E-state index is 0.340. The second-order valence-corrected chi connectivity index (χ2v) is 4.43. The van der Waals surface area contributed by atoms with Crippen molar-refractivity contribution in [1.82, 2.24) is 0 Å². The summed E-state index contributed by atoms with van der Waals surface area (Å²) in [4.78, 5) is 11.5. The molecule has 16 heavy (non-hydrogen) atoms. The maximum atomic E-state index is 11.5. The van der Waals surface area contributed by atoms with E-state index in [9.17, 15) is 4.79 Å². The summed E-state index contributed by atoms with van der Waals surface area (Å²) in [5, 5.41) is 0. The molecule has 1 fully saturated rings. The van der Waals surface area contributed by atoms with Gasteiger partial charge in [-0.05, 0) is 44.2 Å². The molecular weight excluding hydrogens is 202 g/mol. The highest BCUT2D eigenvalue weighted by molar-refractivity contribution is 5.84. The standard InChI is InChI=1S/C13H17NO2/c1-10-6-2-3-7-11(10)16-13(12(14)15)8-4-5-9-13/h2-3,6-7H,4-5,8-9H2,1H3,(H2,14,15). The molecule has 1 amide bonds. The van der Waals surface area contributed by atoms with Gasteiger partial charge in [-0.15, -0.1) is 0 Å². The van der Waals surface area contributed by atoms with Crippen LogP contribution >= 0.6 is 0 Å².